The van der Waals surface area contributed by atoms with Crippen LogP contribution in [-0.2, 0) is 9.24 Å². The van der Waals surface area contributed by atoms with Crippen molar-refractivity contribution in [2.75, 3.05) is 12.7 Å². The Hall–Kier alpha value is 0.110. The topological polar surface area (TPSA) is 72.6 Å². The highest BCUT2D eigenvalue weighted by Crippen LogP contribution is 2.26. The zero-order chi connectivity index (χ0) is 9.56. The third kappa shape index (κ3) is 5.72. The molecule has 0 saturated carbocycles. The summed E-state index contributed by atoms with van der Waals surface area (Å²) in [5.41, 5.74) is 5.46. The molecule has 5 heteroatoms. The Balaban J connectivity index is 3.74. The second-order valence-electron chi connectivity index (χ2n) is 3.40. The van der Waals surface area contributed by atoms with Crippen LogP contribution in [0.1, 0.15) is 20.3 Å². The predicted octanol–water partition coefficient (Wildman–Crippen LogP) is 1.57. The van der Waals surface area contributed by atoms with Gasteiger partial charge in [-0.1, -0.05) is 13.8 Å². The second kappa shape index (κ2) is 6.61. The Morgan fingerprint density at radius 1 is 1.58 bits per heavy atom. The maximum absolute atomic E-state index is 10.8. The van der Waals surface area contributed by atoms with Crippen LogP contribution in [0, 0.1) is 11.8 Å². The first-order chi connectivity index (χ1) is 5.60. The van der Waals surface area contributed by atoms with E-state index in [0.29, 0.717) is 18.6 Å². The average molecular weight is 195 g/mol. The van der Waals surface area contributed by atoms with Crippen molar-refractivity contribution in [1.82, 2.24) is 0 Å². The van der Waals surface area contributed by atoms with Gasteiger partial charge in [0.2, 0.25) is 8.03 Å². The third-order valence-corrected chi connectivity index (χ3v) is 2.81. The fourth-order valence-corrected chi connectivity index (χ4v) is 2.08. The largest absolute Gasteiger partial charge is 0.330 e. The van der Waals surface area contributed by atoms with Crippen molar-refractivity contribution in [1.29, 1.82) is 0 Å². The van der Waals surface area contributed by atoms with Crippen LogP contribution in [0.3, 0.4) is 0 Å². The molecule has 4 nitrogen and oxygen atoms in total. The molecular formula is C7H18NO3P. The fourth-order valence-electron chi connectivity index (χ4n) is 1.20. The highest BCUT2D eigenvalue weighted by molar-refractivity contribution is 7.38. The molecule has 3 N–H and O–H groups in total. The van der Waals surface area contributed by atoms with Gasteiger partial charge in [-0.15, -0.1) is 0 Å². The molecule has 0 aromatic rings. The van der Waals surface area contributed by atoms with Gasteiger partial charge in [-0.05, 0) is 24.8 Å². The molecule has 2 unspecified atom stereocenters. The summed E-state index contributed by atoms with van der Waals surface area (Å²) in [6.07, 6.45) is 1.31. The lowest BCUT2D eigenvalue weighted by Gasteiger charge is -2.15. The summed E-state index contributed by atoms with van der Waals surface area (Å²) in [4.78, 5) is 0. The Morgan fingerprint density at radius 2 is 2.17 bits per heavy atom. The van der Waals surface area contributed by atoms with Crippen molar-refractivity contribution in [2.24, 2.45) is 17.6 Å². The second-order valence-corrected chi connectivity index (χ2v) is 4.73. The van der Waals surface area contributed by atoms with Crippen LogP contribution in [0.5, 0.6) is 0 Å². The van der Waals surface area contributed by atoms with Gasteiger partial charge >= 0.3 is 0 Å². The molecule has 0 fully saturated rings. The molecule has 0 rings (SSSR count). The molecule has 0 spiro atoms. The maximum atomic E-state index is 10.8. The van der Waals surface area contributed by atoms with E-state index in [0.717, 1.165) is 6.42 Å². The molecule has 0 radical (unpaired) electrons. The summed E-state index contributed by atoms with van der Waals surface area (Å²) in [5.74, 6) is 0.732. The van der Waals surface area contributed by atoms with Crippen molar-refractivity contribution in [3.8, 4) is 0 Å². The first kappa shape index (κ1) is 12.1. The Kier molecular flexibility index (Phi) is 6.67. The molecule has 0 amide bonds. The summed E-state index contributed by atoms with van der Waals surface area (Å²) in [5, 5.41) is 8.11. The van der Waals surface area contributed by atoms with E-state index in [4.69, 9.17) is 11.0 Å². The average Bonchev–Trinajstić information content (AvgIpc) is 2.02. The molecule has 0 aromatic heterocycles. The molecule has 0 saturated heterocycles. The highest BCUT2D eigenvalue weighted by Gasteiger charge is 2.12. The van der Waals surface area contributed by atoms with Gasteiger partial charge < -0.3 is 5.73 Å². The molecule has 0 aromatic carbocycles. The lowest BCUT2D eigenvalue weighted by Crippen LogP contribution is -2.18. The van der Waals surface area contributed by atoms with Gasteiger partial charge in [0.15, 0.2) is 0 Å². The van der Waals surface area contributed by atoms with Crippen molar-refractivity contribution in [3.05, 3.63) is 0 Å². The SMILES string of the molecule is CC(C)CC(CN)C[PH](=O)OO. The summed E-state index contributed by atoms with van der Waals surface area (Å²) in [6.45, 7) is 4.66. The van der Waals surface area contributed by atoms with E-state index >= 15 is 0 Å². The zero-order valence-corrected chi connectivity index (χ0v) is 8.62. The van der Waals surface area contributed by atoms with Crippen molar-refractivity contribution < 1.29 is 14.5 Å². The van der Waals surface area contributed by atoms with E-state index in [1.807, 2.05) is 0 Å². The van der Waals surface area contributed by atoms with Crippen molar-refractivity contribution in [2.45, 2.75) is 20.3 Å². The smallest absolute Gasteiger partial charge is 0.225 e. The van der Waals surface area contributed by atoms with Gasteiger partial charge in [0.1, 0.15) is 0 Å². The molecule has 74 valence electrons. The van der Waals surface area contributed by atoms with E-state index in [9.17, 15) is 4.57 Å². The van der Waals surface area contributed by atoms with Crippen LogP contribution >= 0.6 is 8.03 Å². The first-order valence-corrected chi connectivity index (χ1v) is 5.66. The van der Waals surface area contributed by atoms with Crippen LogP contribution in [0.15, 0.2) is 0 Å². The lowest BCUT2D eigenvalue weighted by molar-refractivity contribution is -0.130. The number of hydrogen-bond acceptors (Lipinski definition) is 4. The van der Waals surface area contributed by atoms with E-state index in [-0.39, 0.29) is 5.92 Å². The molecular weight excluding hydrogens is 177 g/mol. The summed E-state index contributed by atoms with van der Waals surface area (Å²) in [7, 11) is -2.26. The summed E-state index contributed by atoms with van der Waals surface area (Å²) >= 11 is 0. The first-order valence-electron chi connectivity index (χ1n) is 4.14. The van der Waals surface area contributed by atoms with Gasteiger partial charge in [-0.2, -0.15) is 4.67 Å². The fraction of sp³-hybridized carbons (Fsp3) is 1.00. The molecule has 0 aliphatic heterocycles. The Morgan fingerprint density at radius 3 is 2.50 bits per heavy atom. The van der Waals surface area contributed by atoms with Gasteiger partial charge in [-0.25, -0.2) is 5.26 Å². The lowest BCUT2D eigenvalue weighted by atomic mass is 9.99. The quantitative estimate of drug-likeness (QED) is 0.383. The van der Waals surface area contributed by atoms with Gasteiger partial charge in [0.25, 0.3) is 0 Å². The van der Waals surface area contributed by atoms with E-state index in [1.165, 1.54) is 0 Å². The van der Waals surface area contributed by atoms with E-state index in [1.54, 1.807) is 0 Å². The van der Waals surface area contributed by atoms with Gasteiger partial charge in [0.05, 0.1) is 0 Å². The number of rotatable bonds is 6. The van der Waals surface area contributed by atoms with Crippen LogP contribution in [0.4, 0.5) is 0 Å². The minimum absolute atomic E-state index is 0.198. The molecule has 12 heavy (non-hydrogen) atoms. The number of nitrogens with two attached hydrogens (primary N) is 1. The van der Waals surface area contributed by atoms with Crippen molar-refractivity contribution >= 4 is 8.03 Å². The molecule has 0 heterocycles. The Labute approximate surface area is 73.9 Å². The maximum Gasteiger partial charge on any atom is 0.225 e. The molecule has 0 aliphatic rings. The molecule has 0 bridgehead atoms. The zero-order valence-electron chi connectivity index (χ0n) is 7.62. The van der Waals surface area contributed by atoms with Crippen LogP contribution < -0.4 is 5.73 Å². The minimum atomic E-state index is -2.26. The molecule has 2 atom stereocenters. The molecule has 0 aliphatic carbocycles. The monoisotopic (exact) mass is 195 g/mol. The summed E-state index contributed by atoms with van der Waals surface area (Å²) in [6, 6.07) is 0. The third-order valence-electron chi connectivity index (χ3n) is 1.70. The minimum Gasteiger partial charge on any atom is -0.330 e. The van der Waals surface area contributed by atoms with Gasteiger partial charge in [0, 0.05) is 6.16 Å². The predicted molar refractivity (Wildman–Crippen MR) is 49.6 cm³/mol. The Bertz CT molecular complexity index is 141. The van der Waals surface area contributed by atoms with Crippen molar-refractivity contribution in [3.63, 3.8) is 0 Å². The van der Waals surface area contributed by atoms with E-state index < -0.39 is 8.03 Å². The van der Waals surface area contributed by atoms with Crippen LogP contribution in [-0.4, -0.2) is 18.0 Å². The standard InChI is InChI=1S/C7H18NO3P/c1-6(2)3-7(4-8)5-12(10)11-9/h6-7,9,12H,3-5,8H2,1-2H3. The normalized spacial score (nSPS) is 16.4. The highest BCUT2D eigenvalue weighted by atomic mass is 31.1. The van der Waals surface area contributed by atoms with Crippen LogP contribution in [0.25, 0.3) is 0 Å². The van der Waals surface area contributed by atoms with Gasteiger partial charge in [-0.3, -0.25) is 4.57 Å². The van der Waals surface area contributed by atoms with Crippen LogP contribution in [0.2, 0.25) is 0 Å². The number of hydrogen-bond donors (Lipinski definition) is 2. The van der Waals surface area contributed by atoms with E-state index in [2.05, 4.69) is 18.5 Å². The summed E-state index contributed by atoms with van der Waals surface area (Å²) < 4.78 is 14.6.